The minimum Gasteiger partial charge on any atom is -0.107 e. The van der Waals surface area contributed by atoms with Crippen LogP contribution in [-0.2, 0) is 0 Å². The molecule has 0 heterocycles. The maximum Gasteiger partial charge on any atom is 0.310 e. The third-order valence-corrected chi connectivity index (χ3v) is 0. The summed E-state index contributed by atoms with van der Waals surface area (Å²) in [6.07, 6.45) is 0. The van der Waals surface area contributed by atoms with E-state index in [1.54, 1.807) is 6.66 Å². The molecular formula is CH4ClNP+. The molecule has 0 aliphatic heterocycles. The molecule has 0 aromatic heterocycles. The fraction of sp³-hybridized carbons (Fsp3) is 1.00. The molecule has 3 heteroatoms. The van der Waals surface area contributed by atoms with E-state index in [1.807, 2.05) is 0 Å². The second-order valence-electron chi connectivity index (χ2n) is 0.477. The van der Waals surface area contributed by atoms with Crippen LogP contribution in [-0.4, -0.2) is 6.66 Å². The molecule has 1 unspecified atom stereocenters. The number of halogens is 1. The van der Waals surface area contributed by atoms with Gasteiger partial charge in [-0.3, -0.25) is 0 Å². The highest BCUT2D eigenvalue weighted by Crippen LogP contribution is 2.19. The molecule has 0 bridgehead atoms. The highest BCUT2D eigenvalue weighted by Gasteiger charge is 1.80. The summed E-state index contributed by atoms with van der Waals surface area (Å²) < 4.78 is 0. The third kappa shape index (κ3) is 30.4. The van der Waals surface area contributed by atoms with Crippen LogP contribution in [0.1, 0.15) is 0 Å². The van der Waals surface area contributed by atoms with Crippen LogP contribution in [0, 0.1) is 5.16 Å². The van der Waals surface area contributed by atoms with E-state index in [0.717, 1.165) is 0 Å². The summed E-state index contributed by atoms with van der Waals surface area (Å²) in [5.74, 6) is 0. The Hall–Kier alpha value is 0.390. The molecule has 0 aromatic carbocycles. The van der Waals surface area contributed by atoms with E-state index in [-0.39, 0.29) is 0 Å². The zero-order valence-electron chi connectivity index (χ0n) is 2.33. The topological polar surface area (TPSA) is 23.9 Å². The lowest BCUT2D eigenvalue weighted by molar-refractivity contribution is 1.64. The highest BCUT2D eigenvalue weighted by atomic mass is 35.7. The molecule has 0 radical (unpaired) electrons. The number of rotatable bonds is 0. The van der Waals surface area contributed by atoms with E-state index in [2.05, 4.69) is 0 Å². The molecular weight excluding hydrogens is 92.4 g/mol. The van der Waals surface area contributed by atoms with Crippen LogP contribution in [0.25, 0.3) is 0 Å². The zero-order valence-corrected chi connectivity index (χ0v) is 3.98. The van der Waals surface area contributed by atoms with Gasteiger partial charge in [0.1, 0.15) is 6.66 Å². The second kappa shape index (κ2) is 1.68. The normalized spacial score (nSPS) is 11.0. The van der Waals surface area contributed by atoms with E-state index in [0.29, 0.717) is 0 Å². The summed E-state index contributed by atoms with van der Waals surface area (Å²) in [6, 6.07) is 0. The van der Waals surface area contributed by atoms with Gasteiger partial charge in [-0.25, -0.2) is 0 Å². The maximum absolute atomic E-state index is 6.41. The van der Waals surface area contributed by atoms with Crippen LogP contribution in [0.15, 0.2) is 0 Å². The number of hydrogen-bond donors (Lipinski definition) is 1. The SMILES string of the molecule is C[P+](=N)Cl. The van der Waals surface area contributed by atoms with Gasteiger partial charge in [0.15, 0.2) is 11.2 Å². The summed E-state index contributed by atoms with van der Waals surface area (Å²) >= 11 is 5.01. The fourth-order valence-corrected chi connectivity index (χ4v) is 0. The quantitative estimate of drug-likeness (QED) is 0.446. The molecule has 0 aliphatic rings. The van der Waals surface area contributed by atoms with E-state index in [1.165, 1.54) is 0 Å². The van der Waals surface area contributed by atoms with Gasteiger partial charge in [-0.1, -0.05) is 0 Å². The van der Waals surface area contributed by atoms with Gasteiger partial charge in [-0.15, -0.1) is 5.16 Å². The monoisotopic (exact) mass is 96.0 g/mol. The lowest BCUT2D eigenvalue weighted by Gasteiger charge is -1.38. The van der Waals surface area contributed by atoms with Crippen LogP contribution in [0.5, 0.6) is 0 Å². The summed E-state index contributed by atoms with van der Waals surface area (Å²) in [4.78, 5) is 0. The first-order valence-corrected chi connectivity index (χ1v) is 3.53. The standard InChI is InChI=1S/CH4ClNP/c1-4(2)3/h3H,1H3/q+1. The molecule has 1 nitrogen and oxygen atoms in total. The maximum atomic E-state index is 6.41. The molecule has 24 valence electrons. The first kappa shape index (κ1) is 4.39. The Bertz CT molecular complexity index is 31.0. The highest BCUT2D eigenvalue weighted by molar-refractivity contribution is 7.74. The largest absolute Gasteiger partial charge is 0.310 e. The van der Waals surface area contributed by atoms with E-state index >= 15 is 0 Å². The minimum absolute atomic E-state index is 0.898. The first-order valence-electron chi connectivity index (χ1n) is 0.840. The van der Waals surface area contributed by atoms with Gasteiger partial charge in [0.2, 0.25) is 0 Å². The average molecular weight is 96.5 g/mol. The second-order valence-corrected chi connectivity index (χ2v) is 2.95. The van der Waals surface area contributed by atoms with E-state index in [9.17, 15) is 0 Å². The van der Waals surface area contributed by atoms with Crippen molar-refractivity contribution in [3.8, 4) is 0 Å². The molecule has 0 saturated heterocycles. The van der Waals surface area contributed by atoms with Crippen molar-refractivity contribution in [2.24, 2.45) is 0 Å². The number of nitrogens with one attached hydrogen (secondary N) is 1. The van der Waals surface area contributed by atoms with Gasteiger partial charge < -0.3 is 0 Å². The van der Waals surface area contributed by atoms with E-state index < -0.39 is 7.07 Å². The van der Waals surface area contributed by atoms with Crippen molar-refractivity contribution in [1.29, 1.82) is 5.16 Å². The van der Waals surface area contributed by atoms with Crippen molar-refractivity contribution in [3.05, 3.63) is 0 Å². The number of hydrogen-bond acceptors (Lipinski definition) is 1. The van der Waals surface area contributed by atoms with Crippen molar-refractivity contribution in [3.63, 3.8) is 0 Å². The smallest absolute Gasteiger partial charge is 0.107 e. The molecule has 1 N–H and O–H groups in total. The van der Waals surface area contributed by atoms with Crippen LogP contribution in [0.2, 0.25) is 0 Å². The zero-order chi connectivity index (χ0) is 3.58. The van der Waals surface area contributed by atoms with Crippen LogP contribution in [0.3, 0.4) is 0 Å². The van der Waals surface area contributed by atoms with Gasteiger partial charge in [-0.05, 0) is 0 Å². The third-order valence-electron chi connectivity index (χ3n) is 0. The molecule has 0 aromatic rings. The first-order chi connectivity index (χ1) is 1.73. The van der Waals surface area contributed by atoms with Crippen LogP contribution in [0.4, 0.5) is 0 Å². The van der Waals surface area contributed by atoms with Gasteiger partial charge in [-0.2, -0.15) is 0 Å². The van der Waals surface area contributed by atoms with E-state index in [4.69, 9.17) is 16.4 Å². The molecule has 0 rings (SSSR count). The average Bonchev–Trinajstić information content (AvgIpc) is 0.811. The van der Waals surface area contributed by atoms with Crippen LogP contribution >= 0.6 is 18.3 Å². The van der Waals surface area contributed by atoms with Crippen LogP contribution < -0.4 is 0 Å². The van der Waals surface area contributed by atoms with Crippen molar-refractivity contribution >= 4 is 18.3 Å². The Morgan fingerprint density at radius 1 is 2.00 bits per heavy atom. The van der Waals surface area contributed by atoms with Gasteiger partial charge in [0, 0.05) is 0 Å². The summed E-state index contributed by atoms with van der Waals surface area (Å²) in [5, 5.41) is 6.41. The Morgan fingerprint density at radius 2 is 2.00 bits per heavy atom. The summed E-state index contributed by atoms with van der Waals surface area (Å²) in [7, 11) is -0.898. The molecule has 4 heavy (non-hydrogen) atoms. The Morgan fingerprint density at radius 3 is 2.00 bits per heavy atom. The van der Waals surface area contributed by atoms with Crippen molar-refractivity contribution in [2.45, 2.75) is 0 Å². The predicted molar refractivity (Wildman–Crippen MR) is 21.4 cm³/mol. The molecule has 0 fully saturated rings. The molecule has 0 amide bonds. The Kier molecular flexibility index (Phi) is 1.85. The molecule has 1 atom stereocenters. The fourth-order valence-electron chi connectivity index (χ4n) is 0. The van der Waals surface area contributed by atoms with Crippen molar-refractivity contribution in [2.75, 3.05) is 6.66 Å². The van der Waals surface area contributed by atoms with Crippen molar-refractivity contribution < 1.29 is 0 Å². The molecule has 0 aliphatic carbocycles. The summed E-state index contributed by atoms with van der Waals surface area (Å²) in [5.41, 5.74) is 0. The molecule has 0 saturated carbocycles. The summed E-state index contributed by atoms with van der Waals surface area (Å²) in [6.45, 7) is 1.66. The lowest BCUT2D eigenvalue weighted by atomic mass is 12.0. The van der Waals surface area contributed by atoms with Gasteiger partial charge in [0.25, 0.3) is 0 Å². The predicted octanol–water partition coefficient (Wildman–Crippen LogP) is 2.01. The lowest BCUT2D eigenvalue weighted by Crippen LogP contribution is -1.15. The van der Waals surface area contributed by atoms with Gasteiger partial charge in [0.05, 0.1) is 0 Å². The minimum atomic E-state index is -0.898. The van der Waals surface area contributed by atoms with Gasteiger partial charge >= 0.3 is 7.07 Å². The van der Waals surface area contributed by atoms with Crippen molar-refractivity contribution in [1.82, 2.24) is 0 Å². The molecule has 0 spiro atoms. The Labute approximate surface area is 31.0 Å². The Balaban J connectivity index is 2.80.